The fourth-order valence-electron chi connectivity index (χ4n) is 2.85. The van der Waals surface area contributed by atoms with Crippen LogP contribution in [0.15, 0.2) is 59.8 Å². The largest absolute Gasteiger partial charge is 0.465 e. The number of hydrogen-bond donors (Lipinski definition) is 1. The van der Waals surface area contributed by atoms with Crippen molar-refractivity contribution in [2.75, 3.05) is 18.2 Å². The van der Waals surface area contributed by atoms with Crippen LogP contribution in [0, 0.1) is 0 Å². The number of carbonyl (C=O) groups is 2. The van der Waals surface area contributed by atoms with Crippen LogP contribution in [0.5, 0.6) is 0 Å². The highest BCUT2D eigenvalue weighted by molar-refractivity contribution is 7.99. The summed E-state index contributed by atoms with van der Waals surface area (Å²) in [6.07, 6.45) is 0.681. The molecular formula is C21H22N4O3S. The van der Waals surface area contributed by atoms with Crippen LogP contribution >= 0.6 is 11.8 Å². The number of aromatic nitrogens is 3. The van der Waals surface area contributed by atoms with E-state index in [0.29, 0.717) is 29.4 Å². The van der Waals surface area contributed by atoms with E-state index < -0.39 is 5.97 Å². The zero-order valence-electron chi connectivity index (χ0n) is 16.3. The smallest absolute Gasteiger partial charge is 0.339 e. The van der Waals surface area contributed by atoms with E-state index in [1.807, 2.05) is 41.8 Å². The van der Waals surface area contributed by atoms with Gasteiger partial charge in [0.1, 0.15) is 5.82 Å². The number of hydrogen-bond acceptors (Lipinski definition) is 6. The molecule has 1 heterocycles. The second-order valence-electron chi connectivity index (χ2n) is 6.18. The fraction of sp³-hybridized carbons (Fsp3) is 0.238. The van der Waals surface area contributed by atoms with Gasteiger partial charge in [-0.15, -0.1) is 10.2 Å². The van der Waals surface area contributed by atoms with Crippen LogP contribution in [0.4, 0.5) is 5.69 Å². The number of methoxy groups -OCH3 is 1. The Balaban J connectivity index is 1.64. The third kappa shape index (κ3) is 5.23. The lowest BCUT2D eigenvalue weighted by molar-refractivity contribution is -0.113. The number of esters is 1. The zero-order chi connectivity index (χ0) is 20.6. The van der Waals surface area contributed by atoms with E-state index in [0.717, 1.165) is 11.4 Å². The highest BCUT2D eigenvalue weighted by atomic mass is 32.2. The van der Waals surface area contributed by atoms with Crippen LogP contribution in [0.25, 0.3) is 0 Å². The minimum Gasteiger partial charge on any atom is -0.465 e. The highest BCUT2D eigenvalue weighted by Crippen LogP contribution is 2.20. The van der Waals surface area contributed by atoms with Crippen molar-refractivity contribution in [2.24, 2.45) is 0 Å². The van der Waals surface area contributed by atoms with E-state index in [4.69, 9.17) is 4.74 Å². The number of nitrogens with one attached hydrogen (secondary N) is 1. The van der Waals surface area contributed by atoms with E-state index in [2.05, 4.69) is 15.5 Å². The molecule has 0 fully saturated rings. The summed E-state index contributed by atoms with van der Waals surface area (Å²) in [7, 11) is 1.31. The number of thioether (sulfide) groups is 1. The summed E-state index contributed by atoms with van der Waals surface area (Å²) in [6, 6.07) is 16.8. The Morgan fingerprint density at radius 1 is 1.07 bits per heavy atom. The van der Waals surface area contributed by atoms with Gasteiger partial charge >= 0.3 is 5.97 Å². The molecule has 0 saturated heterocycles. The van der Waals surface area contributed by atoms with E-state index >= 15 is 0 Å². The SMILES string of the molecule is CCn1c(Cc2ccccc2)nnc1SCC(=O)Nc1ccccc1C(=O)OC. The van der Waals surface area contributed by atoms with Gasteiger partial charge in [0.25, 0.3) is 0 Å². The van der Waals surface area contributed by atoms with Crippen LogP contribution < -0.4 is 5.32 Å². The summed E-state index contributed by atoms with van der Waals surface area (Å²) in [6.45, 7) is 2.74. The predicted molar refractivity (Wildman–Crippen MR) is 112 cm³/mol. The number of anilines is 1. The Kier molecular flexibility index (Phi) is 7.02. The summed E-state index contributed by atoms with van der Waals surface area (Å²) in [4.78, 5) is 24.2. The Morgan fingerprint density at radius 3 is 2.52 bits per heavy atom. The molecule has 29 heavy (non-hydrogen) atoms. The lowest BCUT2D eigenvalue weighted by Crippen LogP contribution is -2.17. The minimum absolute atomic E-state index is 0.152. The quantitative estimate of drug-likeness (QED) is 0.452. The predicted octanol–water partition coefficient (Wildman–Crippen LogP) is 3.41. The van der Waals surface area contributed by atoms with Gasteiger partial charge in [-0.25, -0.2) is 4.79 Å². The molecule has 0 aliphatic carbocycles. The second kappa shape index (κ2) is 9.88. The van der Waals surface area contributed by atoms with Crippen molar-refractivity contribution in [2.45, 2.75) is 25.0 Å². The van der Waals surface area contributed by atoms with Crippen molar-refractivity contribution in [1.82, 2.24) is 14.8 Å². The Morgan fingerprint density at radius 2 is 1.79 bits per heavy atom. The lowest BCUT2D eigenvalue weighted by Gasteiger charge is -2.10. The molecule has 8 heteroatoms. The van der Waals surface area contributed by atoms with Gasteiger partial charge in [0, 0.05) is 13.0 Å². The van der Waals surface area contributed by atoms with Crippen molar-refractivity contribution in [1.29, 1.82) is 0 Å². The average Bonchev–Trinajstić information content (AvgIpc) is 3.14. The van der Waals surface area contributed by atoms with Crippen molar-refractivity contribution in [3.63, 3.8) is 0 Å². The maximum atomic E-state index is 12.4. The molecule has 0 bridgehead atoms. The van der Waals surface area contributed by atoms with E-state index in [1.165, 1.54) is 18.9 Å². The normalized spacial score (nSPS) is 10.6. The van der Waals surface area contributed by atoms with Gasteiger partial charge in [0.15, 0.2) is 5.16 Å². The number of ether oxygens (including phenoxy) is 1. The molecule has 3 aromatic rings. The summed E-state index contributed by atoms with van der Waals surface area (Å²) < 4.78 is 6.76. The number of nitrogens with zero attached hydrogens (tertiary/aromatic N) is 3. The molecule has 150 valence electrons. The van der Waals surface area contributed by atoms with Gasteiger partial charge in [0.05, 0.1) is 24.1 Å². The summed E-state index contributed by atoms with van der Waals surface area (Å²) >= 11 is 1.31. The molecule has 7 nitrogen and oxygen atoms in total. The van der Waals surface area contributed by atoms with Crippen LogP contribution in [-0.2, 0) is 22.5 Å². The molecule has 0 atom stereocenters. The van der Waals surface area contributed by atoms with Crippen molar-refractivity contribution in [3.05, 3.63) is 71.5 Å². The lowest BCUT2D eigenvalue weighted by atomic mass is 10.1. The second-order valence-corrected chi connectivity index (χ2v) is 7.12. The molecule has 0 unspecified atom stereocenters. The first-order valence-corrected chi connectivity index (χ1v) is 10.2. The number of para-hydroxylation sites is 1. The van der Waals surface area contributed by atoms with Crippen molar-refractivity contribution in [3.8, 4) is 0 Å². The molecular weight excluding hydrogens is 388 g/mol. The molecule has 0 aliphatic heterocycles. The van der Waals surface area contributed by atoms with E-state index in [1.54, 1.807) is 24.3 Å². The molecule has 0 spiro atoms. The third-order valence-corrected chi connectivity index (χ3v) is 5.22. The molecule has 1 aromatic heterocycles. The first kappa shape index (κ1) is 20.6. The molecule has 2 aromatic carbocycles. The molecule has 3 rings (SSSR count). The molecule has 0 radical (unpaired) electrons. The maximum Gasteiger partial charge on any atom is 0.339 e. The number of benzene rings is 2. The molecule has 0 aliphatic rings. The topological polar surface area (TPSA) is 86.1 Å². The first-order chi connectivity index (χ1) is 14.1. The van der Waals surface area contributed by atoms with E-state index in [-0.39, 0.29) is 11.7 Å². The number of rotatable bonds is 8. The Labute approximate surface area is 173 Å². The maximum absolute atomic E-state index is 12.4. The monoisotopic (exact) mass is 410 g/mol. The first-order valence-electron chi connectivity index (χ1n) is 9.18. The summed E-state index contributed by atoms with van der Waals surface area (Å²) in [5, 5.41) is 12.0. The van der Waals surface area contributed by atoms with Gasteiger partial charge < -0.3 is 14.6 Å². The minimum atomic E-state index is -0.496. The standard InChI is InChI=1S/C21H22N4O3S/c1-3-25-18(13-15-9-5-4-6-10-15)23-24-21(25)29-14-19(26)22-17-12-8-7-11-16(17)20(27)28-2/h4-12H,3,13-14H2,1-2H3,(H,22,26). The van der Waals surface area contributed by atoms with Crippen LogP contribution in [0.1, 0.15) is 28.7 Å². The Bertz CT molecular complexity index is 989. The van der Waals surface area contributed by atoms with Crippen molar-refractivity contribution >= 4 is 29.3 Å². The van der Waals surface area contributed by atoms with Gasteiger partial charge in [-0.05, 0) is 24.6 Å². The van der Waals surface area contributed by atoms with Gasteiger partial charge in [-0.2, -0.15) is 0 Å². The summed E-state index contributed by atoms with van der Waals surface area (Å²) in [5.74, 6) is 0.281. The zero-order valence-corrected chi connectivity index (χ0v) is 17.1. The molecule has 0 saturated carbocycles. The molecule has 1 N–H and O–H groups in total. The number of carbonyl (C=O) groups excluding carboxylic acids is 2. The van der Waals surface area contributed by atoms with Gasteiger partial charge in [-0.1, -0.05) is 54.2 Å². The number of amides is 1. The van der Waals surface area contributed by atoms with E-state index in [9.17, 15) is 9.59 Å². The fourth-order valence-corrected chi connectivity index (χ4v) is 3.67. The van der Waals surface area contributed by atoms with Gasteiger partial charge in [-0.3, -0.25) is 4.79 Å². The van der Waals surface area contributed by atoms with Gasteiger partial charge in [0.2, 0.25) is 5.91 Å². The molecule has 1 amide bonds. The Hall–Kier alpha value is -3.13. The van der Waals surface area contributed by atoms with Crippen LogP contribution in [0.2, 0.25) is 0 Å². The highest BCUT2D eigenvalue weighted by Gasteiger charge is 2.16. The van der Waals surface area contributed by atoms with Crippen LogP contribution in [-0.4, -0.2) is 39.5 Å². The third-order valence-electron chi connectivity index (χ3n) is 4.25. The van der Waals surface area contributed by atoms with Crippen molar-refractivity contribution < 1.29 is 14.3 Å². The summed E-state index contributed by atoms with van der Waals surface area (Å²) in [5.41, 5.74) is 1.89. The van der Waals surface area contributed by atoms with Crippen LogP contribution in [0.3, 0.4) is 0 Å². The average molecular weight is 410 g/mol.